The summed E-state index contributed by atoms with van der Waals surface area (Å²) in [5.74, 6) is 8.75. The van der Waals surface area contributed by atoms with Crippen LogP contribution in [-0.2, 0) is 28.8 Å². The van der Waals surface area contributed by atoms with Crippen LogP contribution in [0.3, 0.4) is 0 Å². The molecule has 0 aromatic carbocycles. The summed E-state index contributed by atoms with van der Waals surface area (Å²) in [6, 6.07) is 8.22. The molecule has 8 aliphatic heterocycles. The number of hydrogen-bond acceptors (Lipinski definition) is 22. The number of allylic oxidation sites excluding steroid dienone is 8. The Labute approximate surface area is 639 Å². The fourth-order valence-corrected chi connectivity index (χ4v) is 18.0. The van der Waals surface area contributed by atoms with Crippen molar-refractivity contribution in [2.24, 2.45) is 0 Å². The minimum Gasteiger partial charge on any atom is -0.355 e. The Balaban J connectivity index is 0.000000127. The Hall–Kier alpha value is -8.46. The van der Waals surface area contributed by atoms with Crippen LogP contribution >= 0.6 is 0 Å². The Morgan fingerprint density at radius 1 is 0.250 bits per heavy atom. The minimum atomic E-state index is 0.160. The van der Waals surface area contributed by atoms with Crippen molar-refractivity contribution >= 4 is 58.5 Å². The van der Waals surface area contributed by atoms with Gasteiger partial charge in [-0.15, -0.1) is 0 Å². The van der Waals surface area contributed by atoms with E-state index < -0.39 is 0 Å². The van der Waals surface area contributed by atoms with Crippen molar-refractivity contribution in [3.63, 3.8) is 0 Å². The first kappa shape index (κ1) is 77.7. The van der Waals surface area contributed by atoms with Crippen LogP contribution in [0.4, 0.5) is 23.3 Å². The Morgan fingerprint density at radius 3 is 0.833 bits per heavy atom. The van der Waals surface area contributed by atoms with E-state index in [9.17, 15) is 28.8 Å². The number of hydrogen-bond donors (Lipinski definition) is 0. The normalized spacial score (nSPS) is 21.9. The highest BCUT2D eigenvalue weighted by Gasteiger charge is 2.37. The standard InChI is InChI=1S/C21H29N5O2.C21H31N5O.C20H27N5O2.C20H29N5O/c1-15-13-20(23-16(2)22-15)25-10-4-9-24(11-12-25)14-26-18-5-3-6-19(27)17(18)7-8-21(26)28;1-16-14-20(23-17(2)22-16)25-11-5-10-24(12-13-25)15-26-19-7-4-3-6-18(19)8-9-21(26)27;1-14-12-19(22-15(2)21-14)24-10-8-23(9-11-24)13-25-17-4-3-5-18(26)16(17)6-7-20(25)27;1-15-13-19(22-16(2)21-15)24-11-9-23(10-12-24)14-25-18-6-4-3-5-17(18)7-8-20(25)26/h13H,3-12,14H2,1-2H3;14H,3-13,15H2,1-2H3;12H,3-11,13H2,1-2H3;13H,3-12,14H2,1-2H3. The molecule has 4 fully saturated rings. The summed E-state index contributed by atoms with van der Waals surface area (Å²) in [4.78, 5) is 137. The second-order valence-electron chi connectivity index (χ2n) is 31.6. The molecule has 4 saturated heterocycles. The molecule has 0 atom stereocenters. The third-order valence-electron chi connectivity index (χ3n) is 23.5. The number of piperazine rings is 2. The lowest BCUT2D eigenvalue weighted by Crippen LogP contribution is -2.52. The average Bonchev–Trinajstić information content (AvgIpc) is 0.849. The van der Waals surface area contributed by atoms with Crippen molar-refractivity contribution in [2.45, 2.75) is 209 Å². The molecule has 0 unspecified atom stereocenters. The molecule has 12 heterocycles. The van der Waals surface area contributed by atoms with E-state index in [0.717, 1.165) is 274 Å². The summed E-state index contributed by atoms with van der Waals surface area (Å²) in [6.07, 6.45) is 22.0. The van der Waals surface area contributed by atoms with Gasteiger partial charge in [0, 0.05) is 224 Å². The molecule has 108 heavy (non-hydrogen) atoms. The van der Waals surface area contributed by atoms with Crippen molar-refractivity contribution in [1.82, 2.24) is 79.1 Å². The van der Waals surface area contributed by atoms with Gasteiger partial charge in [0.2, 0.25) is 23.6 Å². The lowest BCUT2D eigenvalue weighted by molar-refractivity contribution is -0.133. The number of anilines is 4. The predicted octanol–water partition coefficient (Wildman–Crippen LogP) is 9.63. The molecular weight excluding hydrogens is 1360 g/mol. The first-order valence-electron chi connectivity index (χ1n) is 40.5. The first-order chi connectivity index (χ1) is 52.2. The molecule has 580 valence electrons. The molecule has 4 aromatic heterocycles. The number of carbonyl (C=O) groups is 6. The smallest absolute Gasteiger partial charge is 0.228 e. The highest BCUT2D eigenvalue weighted by atomic mass is 16.2. The van der Waals surface area contributed by atoms with E-state index in [-0.39, 0.29) is 23.4 Å². The van der Waals surface area contributed by atoms with Gasteiger partial charge in [0.1, 0.15) is 46.6 Å². The van der Waals surface area contributed by atoms with Crippen molar-refractivity contribution in [3.05, 3.63) is 115 Å². The second-order valence-corrected chi connectivity index (χ2v) is 31.6. The average molecular weight is 1480 g/mol. The summed E-state index contributed by atoms with van der Waals surface area (Å²) in [5, 5.41) is 0. The molecular formula is C82H116N20O6. The van der Waals surface area contributed by atoms with Gasteiger partial charge in [-0.05, 0) is 171 Å². The van der Waals surface area contributed by atoms with Crippen LogP contribution in [0.5, 0.6) is 0 Å². The van der Waals surface area contributed by atoms with Gasteiger partial charge in [-0.2, -0.15) is 0 Å². The van der Waals surface area contributed by atoms with Crippen molar-refractivity contribution in [2.75, 3.05) is 151 Å². The third kappa shape index (κ3) is 19.6. The van der Waals surface area contributed by atoms with Crippen molar-refractivity contribution < 1.29 is 28.8 Å². The van der Waals surface area contributed by atoms with Gasteiger partial charge >= 0.3 is 0 Å². The minimum absolute atomic E-state index is 0.160. The third-order valence-corrected chi connectivity index (χ3v) is 23.5. The summed E-state index contributed by atoms with van der Waals surface area (Å²) in [7, 11) is 0. The maximum atomic E-state index is 12.6. The van der Waals surface area contributed by atoms with Gasteiger partial charge in [0.25, 0.3) is 0 Å². The van der Waals surface area contributed by atoms with E-state index in [2.05, 4.69) is 101 Å². The summed E-state index contributed by atoms with van der Waals surface area (Å²) in [5.41, 5.74) is 13.6. The van der Waals surface area contributed by atoms with E-state index in [1.807, 2.05) is 77.3 Å². The van der Waals surface area contributed by atoms with Crippen LogP contribution in [0, 0.1) is 55.4 Å². The number of rotatable bonds is 12. The molecule has 0 N–H and O–H groups in total. The Bertz CT molecular complexity index is 4030. The Morgan fingerprint density at radius 2 is 0.519 bits per heavy atom. The quantitative estimate of drug-likeness (QED) is 0.128. The molecule has 4 aromatic rings. The molecule has 12 aliphatic rings. The molecule has 0 saturated carbocycles. The lowest BCUT2D eigenvalue weighted by Gasteiger charge is -2.41. The van der Waals surface area contributed by atoms with Gasteiger partial charge in [0.15, 0.2) is 11.6 Å². The van der Waals surface area contributed by atoms with Gasteiger partial charge in [-0.25, -0.2) is 39.9 Å². The van der Waals surface area contributed by atoms with Gasteiger partial charge in [-0.3, -0.25) is 48.4 Å². The van der Waals surface area contributed by atoms with E-state index in [1.165, 1.54) is 49.9 Å². The zero-order valence-electron chi connectivity index (χ0n) is 65.8. The highest BCUT2D eigenvalue weighted by Crippen LogP contribution is 2.38. The number of aromatic nitrogens is 8. The van der Waals surface area contributed by atoms with Gasteiger partial charge in [0.05, 0.1) is 26.7 Å². The summed E-state index contributed by atoms with van der Waals surface area (Å²) < 4.78 is 0. The maximum absolute atomic E-state index is 12.6. The fourth-order valence-electron chi connectivity index (χ4n) is 18.0. The van der Waals surface area contributed by atoms with Crippen molar-refractivity contribution in [3.8, 4) is 0 Å². The van der Waals surface area contributed by atoms with Crippen LogP contribution in [-0.4, -0.2) is 246 Å². The second kappa shape index (κ2) is 35.9. The number of carbonyl (C=O) groups excluding carboxylic acids is 6. The molecule has 4 aliphatic carbocycles. The number of ketones is 2. The number of amides is 4. The van der Waals surface area contributed by atoms with Crippen molar-refractivity contribution in [1.29, 1.82) is 0 Å². The first-order valence-corrected chi connectivity index (χ1v) is 40.5. The van der Waals surface area contributed by atoms with Crippen LogP contribution in [0.15, 0.2) is 69.3 Å². The zero-order chi connectivity index (χ0) is 75.5. The maximum Gasteiger partial charge on any atom is 0.228 e. The molecule has 0 spiro atoms. The van der Waals surface area contributed by atoms with Crippen LogP contribution in [0.25, 0.3) is 0 Å². The summed E-state index contributed by atoms with van der Waals surface area (Å²) >= 11 is 0. The van der Waals surface area contributed by atoms with Gasteiger partial charge < -0.3 is 39.2 Å². The van der Waals surface area contributed by atoms with E-state index in [1.54, 1.807) is 11.1 Å². The van der Waals surface area contributed by atoms with E-state index >= 15 is 0 Å². The molecule has 26 heteroatoms. The number of aryl methyl sites for hydroxylation is 8. The number of nitrogens with zero attached hydrogens (tertiary/aromatic N) is 20. The topological polar surface area (TPSA) is 244 Å². The van der Waals surface area contributed by atoms with Crippen LogP contribution < -0.4 is 19.6 Å². The predicted molar refractivity (Wildman–Crippen MR) is 417 cm³/mol. The van der Waals surface area contributed by atoms with E-state index in [4.69, 9.17) is 0 Å². The van der Waals surface area contributed by atoms with Crippen LogP contribution in [0.2, 0.25) is 0 Å². The highest BCUT2D eigenvalue weighted by molar-refractivity contribution is 6.00. The molecule has 26 nitrogen and oxygen atoms in total. The SMILES string of the molecule is Cc1cc(N2CCCN(CN3C(=O)CCC4=C3CCCC4)CC2)nc(C)n1.Cc1cc(N2CCCN(CN3C(=O)CCC4=C3CCCC4=O)CC2)nc(C)n1.Cc1cc(N2CCN(CN3C(=O)CCC4=C3CCCC4)CC2)nc(C)n1.Cc1cc(N2CCN(CN3C(=O)CCC4=C3CCCC4=O)CC2)nc(C)n1. The summed E-state index contributed by atoms with van der Waals surface area (Å²) in [6.45, 7) is 33.5. The lowest BCUT2D eigenvalue weighted by atomic mass is 9.88. The molecule has 4 amide bonds. The molecule has 0 bridgehead atoms. The molecule has 16 rings (SSSR count). The Kier molecular flexibility index (Phi) is 25.8. The number of Topliss-reactive ketones (excluding diaryl/α,β-unsaturated/α-hetero) is 2. The zero-order valence-corrected chi connectivity index (χ0v) is 65.8. The largest absolute Gasteiger partial charge is 0.355 e. The monoisotopic (exact) mass is 1480 g/mol. The fraction of sp³-hybridized carbons (Fsp3) is 0.634. The van der Waals surface area contributed by atoms with Gasteiger partial charge in [-0.1, -0.05) is 11.1 Å². The molecule has 0 radical (unpaired) electrons. The van der Waals surface area contributed by atoms with Crippen LogP contribution in [0.1, 0.15) is 200 Å². The van der Waals surface area contributed by atoms with E-state index in [0.29, 0.717) is 76.5 Å².